The summed E-state index contributed by atoms with van der Waals surface area (Å²) in [5, 5.41) is 15.4. The lowest BCUT2D eigenvalue weighted by Crippen LogP contribution is -2.09. The second kappa shape index (κ2) is 42.8. The zero-order valence-electron chi connectivity index (χ0n) is 82.6. The van der Waals surface area contributed by atoms with Crippen LogP contribution in [0.2, 0.25) is 0 Å². The highest BCUT2D eigenvalue weighted by molar-refractivity contribution is 6.02. The number of fused-ring (bicyclic) bond motifs is 6. The molecule has 0 aliphatic carbocycles. The third-order valence-corrected chi connectivity index (χ3v) is 24.5. The second-order valence-corrected chi connectivity index (χ2v) is 39.9. The molecule has 6 heterocycles. The van der Waals surface area contributed by atoms with Crippen LogP contribution in [0.1, 0.15) is 202 Å². The highest BCUT2D eigenvalue weighted by Gasteiger charge is 2.19. The fraction of sp³-hybridized carbons (Fsp3) is 0.280. The van der Waals surface area contributed by atoms with E-state index < -0.39 is 0 Å². The van der Waals surface area contributed by atoms with Crippen LogP contribution in [0.25, 0.3) is 132 Å². The van der Waals surface area contributed by atoms with Gasteiger partial charge < -0.3 is 0 Å². The van der Waals surface area contributed by atoms with E-state index in [4.69, 9.17) is 19.9 Å². The zero-order chi connectivity index (χ0) is 93.6. The van der Waals surface area contributed by atoms with Crippen molar-refractivity contribution in [3.63, 3.8) is 0 Å². The summed E-state index contributed by atoms with van der Waals surface area (Å²) in [6.45, 7) is 55.1. The van der Waals surface area contributed by atoms with Crippen LogP contribution < -0.4 is 0 Å². The number of hydrogen-bond donors (Lipinski definition) is 0. The topological polar surface area (TPSA) is 77.3 Å². The van der Waals surface area contributed by atoms with Crippen LogP contribution in [0, 0.1) is 106 Å². The van der Waals surface area contributed by atoms with E-state index >= 15 is 0 Å². The minimum atomic E-state index is 0.302. The number of pyridine rings is 6. The molecule has 0 bridgehead atoms. The molecule has 131 heavy (non-hydrogen) atoms. The maximum Gasteiger partial charge on any atom is 0.0780 e. The Bertz CT molecular complexity index is 7020. The molecule has 0 aliphatic heterocycles. The minimum Gasteiger partial charge on any atom is -0.255 e. The van der Waals surface area contributed by atoms with Gasteiger partial charge in [0.15, 0.2) is 0 Å². The number of hydrogen-bond acceptors (Lipinski definition) is 6. The first-order valence-electron chi connectivity index (χ1n) is 47.3. The lowest BCUT2D eigenvalue weighted by Gasteiger charge is -2.19. The van der Waals surface area contributed by atoms with E-state index in [2.05, 4.69) is 426 Å². The minimum absolute atomic E-state index is 0.302. The molecule has 6 aromatic heterocycles. The third kappa shape index (κ3) is 24.4. The van der Waals surface area contributed by atoms with Crippen molar-refractivity contribution in [3.05, 3.63) is 392 Å². The highest BCUT2D eigenvalue weighted by Crippen LogP contribution is 2.39. The van der Waals surface area contributed by atoms with E-state index in [1.807, 2.05) is 49.3 Å². The zero-order valence-corrected chi connectivity index (χ0v) is 82.6. The lowest BCUT2D eigenvalue weighted by molar-refractivity contribution is 0.411. The van der Waals surface area contributed by atoms with E-state index in [1.165, 1.54) is 198 Å². The molecule has 0 unspecified atom stereocenters. The quantitative estimate of drug-likeness (QED) is 0.102. The molecular weight excluding hydrogens is 1590 g/mol. The summed E-state index contributed by atoms with van der Waals surface area (Å²) in [6.07, 6.45) is 16.4. The van der Waals surface area contributed by atoms with Gasteiger partial charge in [0.25, 0.3) is 0 Å². The van der Waals surface area contributed by atoms with Crippen LogP contribution in [0.3, 0.4) is 0 Å². The summed E-state index contributed by atoms with van der Waals surface area (Å²) in [5.74, 6) is 3.12. The largest absolute Gasteiger partial charge is 0.255 e. The molecule has 0 amide bonds. The first kappa shape index (κ1) is 95.7. The Labute approximate surface area is 782 Å². The number of aryl methyl sites for hydroxylation is 12. The molecule has 6 heteroatoms. The van der Waals surface area contributed by atoms with Crippen molar-refractivity contribution in [2.75, 3.05) is 0 Å². The first-order chi connectivity index (χ1) is 62.6. The number of rotatable bonds is 15. The van der Waals surface area contributed by atoms with Gasteiger partial charge in [0.2, 0.25) is 0 Å². The molecular formula is C125H136N6. The molecule has 18 aromatic rings. The Hall–Kier alpha value is -12.9. The van der Waals surface area contributed by atoms with E-state index in [-0.39, 0.29) is 0 Å². The van der Waals surface area contributed by atoms with Crippen molar-refractivity contribution < 1.29 is 0 Å². The Kier molecular flexibility index (Phi) is 31.2. The summed E-state index contributed by atoms with van der Waals surface area (Å²) in [6, 6.07) is 92.2. The normalized spacial score (nSPS) is 11.4. The predicted molar refractivity (Wildman–Crippen MR) is 567 cm³/mol. The number of benzene rings is 12. The Morgan fingerprint density at radius 3 is 0.710 bits per heavy atom. The van der Waals surface area contributed by atoms with Crippen molar-refractivity contribution in [1.82, 2.24) is 29.9 Å². The highest BCUT2D eigenvalue weighted by atomic mass is 14.7. The van der Waals surface area contributed by atoms with Crippen molar-refractivity contribution in [2.45, 2.75) is 211 Å². The van der Waals surface area contributed by atoms with Crippen LogP contribution in [0.4, 0.5) is 0 Å². The van der Waals surface area contributed by atoms with Gasteiger partial charge in [-0.15, -0.1) is 0 Å². The Morgan fingerprint density at radius 2 is 0.443 bits per heavy atom. The predicted octanol–water partition coefficient (Wildman–Crippen LogP) is 34.5. The van der Waals surface area contributed by atoms with E-state index in [0.717, 1.165) is 59.8 Å². The van der Waals surface area contributed by atoms with Crippen molar-refractivity contribution >= 4 is 64.6 Å². The maximum atomic E-state index is 4.75. The Balaban J connectivity index is 0.000000134. The standard InChI is InChI=1S/C22H25N.3C21H23N.2C20H21N/c1-14(2)8-18-6-7-20-21(12-18)17(5)13-23-22(20)19-10-15(3)9-16(4)11-19;1-13(2)17-6-7-19-20(11-17)16(5)12-22-21(19)18-9-14(3)8-15(4)10-18;1-14(2)10-17-8-9-19-20(12-17)16(4)13-22-21(19)18-7-5-6-15(3)11-18;1-15-14-22-20(17-8-6-5-7-9-17)18-11-10-16(12-19(15)18)13-21(2,3)4;1-13(2)16-8-9-18-19(11-16)15(4)12-21-20(18)17-7-5-6-14(3)10-17;1-14(2)11-16-9-10-18-19(12-16)15(3)13-21-20(18)17-7-5-4-6-8-17/h6-7,9-14H,8H2,1-5H3;6-13H,1-5H3;5-9,11-14H,10H2,1-4H3;5-12,14H,13H2,1-4H3;5-13H,1-4H3;4-10,12-14H,11H2,1-3H3. The number of aromatic nitrogens is 6. The van der Waals surface area contributed by atoms with Gasteiger partial charge in [-0.1, -0.05) is 342 Å². The molecule has 18 rings (SSSR count). The molecule has 6 nitrogen and oxygen atoms in total. The van der Waals surface area contributed by atoms with Gasteiger partial charge >= 0.3 is 0 Å². The summed E-state index contributed by atoms with van der Waals surface area (Å²) in [5.41, 5.74) is 37.5. The van der Waals surface area contributed by atoms with Gasteiger partial charge in [-0.3, -0.25) is 29.9 Å². The lowest BCUT2D eigenvalue weighted by atomic mass is 9.87. The molecule has 0 N–H and O–H groups in total. The van der Waals surface area contributed by atoms with E-state index in [9.17, 15) is 0 Å². The number of nitrogens with zero attached hydrogens (tertiary/aromatic N) is 6. The third-order valence-electron chi connectivity index (χ3n) is 24.5. The average Bonchev–Trinajstić information content (AvgIpc) is 0.807. The molecule has 0 fully saturated rings. The van der Waals surface area contributed by atoms with Gasteiger partial charge in [-0.05, 0) is 279 Å². The Morgan fingerprint density at radius 1 is 0.206 bits per heavy atom. The van der Waals surface area contributed by atoms with Gasteiger partial charge in [0, 0.05) is 103 Å². The summed E-state index contributed by atoms with van der Waals surface area (Å²) in [7, 11) is 0. The smallest absolute Gasteiger partial charge is 0.0780 e. The fourth-order valence-electron chi connectivity index (χ4n) is 18.1. The van der Waals surface area contributed by atoms with E-state index in [0.29, 0.717) is 35.0 Å². The van der Waals surface area contributed by atoms with E-state index in [1.54, 1.807) is 0 Å². The van der Waals surface area contributed by atoms with Gasteiger partial charge in [-0.25, -0.2) is 0 Å². The summed E-state index contributed by atoms with van der Waals surface area (Å²) in [4.78, 5) is 28.2. The van der Waals surface area contributed by atoms with Crippen LogP contribution in [-0.2, 0) is 25.7 Å². The maximum absolute atomic E-state index is 4.75. The molecule has 666 valence electrons. The SMILES string of the molecule is Cc1cc(C)cc(-c2ncc(C)c3cc(C(C)C)ccc23)c1.Cc1cc(C)cc(-c2ncc(C)c3cc(CC(C)C)ccc23)c1.Cc1cccc(-c2ncc(C)c3cc(C(C)C)ccc23)c1.Cc1cccc(-c2ncc(C)c3cc(CC(C)C)ccc23)c1.Cc1cnc(-c2ccccc2)c2ccc(CC(C)(C)C)cc12.Cc1cnc(-c2ccccc2)c2ccc(CC(C)C)cc12. The van der Waals surface area contributed by atoms with Crippen LogP contribution in [0.5, 0.6) is 0 Å². The van der Waals surface area contributed by atoms with Crippen LogP contribution in [-0.4, -0.2) is 29.9 Å². The van der Waals surface area contributed by atoms with Gasteiger partial charge in [0.1, 0.15) is 0 Å². The fourth-order valence-corrected chi connectivity index (χ4v) is 18.1. The van der Waals surface area contributed by atoms with Crippen molar-refractivity contribution in [1.29, 1.82) is 0 Å². The molecule has 0 spiro atoms. The van der Waals surface area contributed by atoms with Crippen LogP contribution in [0.15, 0.2) is 292 Å². The van der Waals surface area contributed by atoms with Gasteiger partial charge in [-0.2, -0.15) is 0 Å². The van der Waals surface area contributed by atoms with Crippen LogP contribution >= 0.6 is 0 Å². The monoisotopic (exact) mass is 1720 g/mol. The summed E-state index contributed by atoms with van der Waals surface area (Å²) >= 11 is 0. The molecule has 12 aromatic carbocycles. The molecule has 0 saturated carbocycles. The summed E-state index contributed by atoms with van der Waals surface area (Å²) < 4.78 is 0. The van der Waals surface area contributed by atoms with Crippen molar-refractivity contribution in [3.8, 4) is 67.5 Å². The van der Waals surface area contributed by atoms with Crippen molar-refractivity contribution in [2.24, 2.45) is 23.2 Å². The average molecular weight is 1720 g/mol. The molecule has 0 radical (unpaired) electrons. The second-order valence-electron chi connectivity index (χ2n) is 39.9. The molecule has 0 saturated heterocycles. The van der Waals surface area contributed by atoms with Gasteiger partial charge in [0.05, 0.1) is 34.2 Å². The molecule has 0 aliphatic rings. The molecule has 0 atom stereocenters. The first-order valence-corrected chi connectivity index (χ1v) is 47.3.